The van der Waals surface area contributed by atoms with Gasteiger partial charge >= 0.3 is 5.97 Å². The van der Waals surface area contributed by atoms with E-state index in [1.54, 1.807) is 6.07 Å². The van der Waals surface area contributed by atoms with E-state index < -0.39 is 0 Å². The number of rotatable bonds is 8. The largest absolute Gasteiger partial charge is 0.469 e. The van der Waals surface area contributed by atoms with Crippen molar-refractivity contribution in [3.63, 3.8) is 0 Å². The molecule has 20 heavy (non-hydrogen) atoms. The van der Waals surface area contributed by atoms with Crippen LogP contribution in [0.5, 0.6) is 0 Å². The standard InChI is InChI=1S/C15H20BrNO3/c1-20-14(18)8-3-2-4-9-17-15(19)13-7-5-6-12(10-13)11-16/h5-7,10H,2-4,8-9,11H2,1H3,(H,17,19). The van der Waals surface area contributed by atoms with Crippen LogP contribution in [0, 0.1) is 0 Å². The molecule has 0 bridgehead atoms. The van der Waals surface area contributed by atoms with Gasteiger partial charge in [0.15, 0.2) is 0 Å². The number of alkyl halides is 1. The van der Waals surface area contributed by atoms with Gasteiger partial charge < -0.3 is 10.1 Å². The summed E-state index contributed by atoms with van der Waals surface area (Å²) in [5.41, 5.74) is 1.76. The lowest BCUT2D eigenvalue weighted by Gasteiger charge is -2.06. The van der Waals surface area contributed by atoms with Gasteiger partial charge in [-0.15, -0.1) is 0 Å². The van der Waals surface area contributed by atoms with Crippen LogP contribution >= 0.6 is 15.9 Å². The first-order valence-corrected chi connectivity index (χ1v) is 7.79. The lowest BCUT2D eigenvalue weighted by Crippen LogP contribution is -2.24. The molecule has 1 N–H and O–H groups in total. The molecular formula is C15H20BrNO3. The van der Waals surface area contributed by atoms with Crippen LogP contribution in [0.3, 0.4) is 0 Å². The van der Waals surface area contributed by atoms with Crippen molar-refractivity contribution in [3.05, 3.63) is 35.4 Å². The number of hydrogen-bond donors (Lipinski definition) is 1. The van der Waals surface area contributed by atoms with E-state index >= 15 is 0 Å². The van der Waals surface area contributed by atoms with E-state index in [0.717, 1.165) is 30.2 Å². The summed E-state index contributed by atoms with van der Waals surface area (Å²) in [7, 11) is 1.39. The zero-order valence-electron chi connectivity index (χ0n) is 11.7. The minimum atomic E-state index is -0.180. The highest BCUT2D eigenvalue weighted by molar-refractivity contribution is 9.08. The Labute approximate surface area is 128 Å². The molecule has 1 amide bonds. The Morgan fingerprint density at radius 2 is 2.05 bits per heavy atom. The first-order chi connectivity index (χ1) is 9.67. The highest BCUT2D eigenvalue weighted by atomic mass is 79.9. The Bertz CT molecular complexity index is 448. The summed E-state index contributed by atoms with van der Waals surface area (Å²) in [6.07, 6.45) is 3.00. The topological polar surface area (TPSA) is 55.4 Å². The van der Waals surface area contributed by atoms with Crippen molar-refractivity contribution >= 4 is 27.8 Å². The molecular weight excluding hydrogens is 322 g/mol. The highest BCUT2D eigenvalue weighted by Crippen LogP contribution is 2.09. The number of nitrogens with one attached hydrogen (secondary N) is 1. The van der Waals surface area contributed by atoms with Crippen LogP contribution in [-0.4, -0.2) is 25.5 Å². The molecule has 4 nitrogen and oxygen atoms in total. The zero-order chi connectivity index (χ0) is 14.8. The predicted molar refractivity (Wildman–Crippen MR) is 81.9 cm³/mol. The van der Waals surface area contributed by atoms with Crippen LogP contribution in [0.2, 0.25) is 0 Å². The number of unbranched alkanes of at least 4 members (excludes halogenated alkanes) is 2. The van der Waals surface area contributed by atoms with Gasteiger partial charge in [-0.25, -0.2) is 0 Å². The fourth-order valence-electron chi connectivity index (χ4n) is 1.77. The number of carbonyl (C=O) groups excluding carboxylic acids is 2. The third-order valence-corrected chi connectivity index (χ3v) is 3.56. The Kier molecular flexibility index (Phi) is 7.95. The first kappa shape index (κ1) is 16.7. The number of methoxy groups -OCH3 is 1. The number of carbonyl (C=O) groups is 2. The molecule has 0 aliphatic carbocycles. The van der Waals surface area contributed by atoms with Gasteiger partial charge in [0.05, 0.1) is 7.11 Å². The maximum Gasteiger partial charge on any atom is 0.305 e. The van der Waals surface area contributed by atoms with Crippen LogP contribution in [0.25, 0.3) is 0 Å². The number of benzene rings is 1. The van der Waals surface area contributed by atoms with Gasteiger partial charge in [-0.05, 0) is 30.5 Å². The number of hydrogen-bond acceptors (Lipinski definition) is 3. The SMILES string of the molecule is COC(=O)CCCCCNC(=O)c1cccc(CBr)c1. The lowest BCUT2D eigenvalue weighted by molar-refractivity contribution is -0.140. The van der Waals surface area contributed by atoms with Crippen molar-refractivity contribution in [1.29, 1.82) is 0 Å². The summed E-state index contributed by atoms with van der Waals surface area (Å²) >= 11 is 3.37. The third kappa shape index (κ3) is 6.19. The maximum absolute atomic E-state index is 11.9. The molecule has 1 aromatic carbocycles. The highest BCUT2D eigenvalue weighted by Gasteiger charge is 2.05. The van der Waals surface area contributed by atoms with E-state index in [4.69, 9.17) is 0 Å². The Morgan fingerprint density at radius 3 is 2.75 bits per heavy atom. The Hall–Kier alpha value is -1.36. The van der Waals surface area contributed by atoms with Crippen molar-refractivity contribution in [2.75, 3.05) is 13.7 Å². The number of halogens is 1. The van der Waals surface area contributed by atoms with Gasteiger partial charge in [0.2, 0.25) is 0 Å². The zero-order valence-corrected chi connectivity index (χ0v) is 13.2. The fraction of sp³-hybridized carbons (Fsp3) is 0.467. The quantitative estimate of drug-likeness (QED) is 0.449. The normalized spacial score (nSPS) is 10.1. The second kappa shape index (κ2) is 9.53. The van der Waals surface area contributed by atoms with Crippen molar-refractivity contribution in [3.8, 4) is 0 Å². The van der Waals surface area contributed by atoms with Gasteiger partial charge in [0.25, 0.3) is 5.91 Å². The van der Waals surface area contributed by atoms with Crippen LogP contribution in [0.15, 0.2) is 24.3 Å². The van der Waals surface area contributed by atoms with Gasteiger partial charge in [0.1, 0.15) is 0 Å². The number of esters is 1. The average Bonchev–Trinajstić information content (AvgIpc) is 2.50. The summed E-state index contributed by atoms with van der Waals surface area (Å²) in [6, 6.07) is 7.53. The molecule has 5 heteroatoms. The predicted octanol–water partition coefficient (Wildman–Crippen LogP) is 3.04. The minimum absolute atomic E-state index is 0.0548. The minimum Gasteiger partial charge on any atom is -0.469 e. The first-order valence-electron chi connectivity index (χ1n) is 6.67. The van der Waals surface area contributed by atoms with Crippen LogP contribution in [0.1, 0.15) is 41.6 Å². The molecule has 0 saturated carbocycles. The molecule has 0 saturated heterocycles. The number of ether oxygens (including phenoxy) is 1. The molecule has 0 spiro atoms. The van der Waals surface area contributed by atoms with E-state index in [1.807, 2.05) is 18.2 Å². The molecule has 0 aromatic heterocycles. The van der Waals surface area contributed by atoms with Gasteiger partial charge in [0, 0.05) is 23.9 Å². The summed E-state index contributed by atoms with van der Waals surface area (Å²) in [4.78, 5) is 22.8. The number of amides is 1. The summed E-state index contributed by atoms with van der Waals surface area (Å²) in [6.45, 7) is 0.624. The van der Waals surface area contributed by atoms with Gasteiger partial charge in [-0.1, -0.05) is 34.5 Å². The maximum atomic E-state index is 11.9. The molecule has 1 aromatic rings. The van der Waals surface area contributed by atoms with E-state index in [0.29, 0.717) is 18.5 Å². The van der Waals surface area contributed by atoms with E-state index in [1.165, 1.54) is 7.11 Å². The third-order valence-electron chi connectivity index (χ3n) is 2.91. The average molecular weight is 342 g/mol. The van der Waals surface area contributed by atoms with E-state index in [2.05, 4.69) is 26.0 Å². The van der Waals surface area contributed by atoms with Gasteiger partial charge in [-0.3, -0.25) is 9.59 Å². The van der Waals surface area contributed by atoms with Crippen molar-refractivity contribution < 1.29 is 14.3 Å². The van der Waals surface area contributed by atoms with E-state index in [-0.39, 0.29) is 11.9 Å². The van der Waals surface area contributed by atoms with Crippen LogP contribution < -0.4 is 5.32 Å². The Balaban J connectivity index is 2.21. The van der Waals surface area contributed by atoms with E-state index in [9.17, 15) is 9.59 Å². The molecule has 0 radical (unpaired) electrons. The molecule has 0 fully saturated rings. The second-order valence-electron chi connectivity index (χ2n) is 4.48. The van der Waals surface area contributed by atoms with Crippen molar-refractivity contribution in [2.45, 2.75) is 31.0 Å². The van der Waals surface area contributed by atoms with Crippen molar-refractivity contribution in [2.24, 2.45) is 0 Å². The molecule has 0 aliphatic rings. The van der Waals surface area contributed by atoms with Crippen molar-refractivity contribution in [1.82, 2.24) is 5.32 Å². The monoisotopic (exact) mass is 341 g/mol. The van der Waals surface area contributed by atoms with Gasteiger partial charge in [-0.2, -0.15) is 0 Å². The molecule has 0 heterocycles. The smallest absolute Gasteiger partial charge is 0.305 e. The molecule has 1 rings (SSSR count). The Morgan fingerprint density at radius 1 is 1.25 bits per heavy atom. The lowest BCUT2D eigenvalue weighted by atomic mass is 10.1. The van der Waals surface area contributed by atoms with Crippen LogP contribution in [0.4, 0.5) is 0 Å². The summed E-state index contributed by atoms with van der Waals surface area (Å²) in [5, 5.41) is 3.62. The molecule has 0 unspecified atom stereocenters. The van der Waals surface area contributed by atoms with Crippen LogP contribution in [-0.2, 0) is 14.9 Å². The summed E-state index contributed by atoms with van der Waals surface area (Å²) in [5.74, 6) is -0.235. The molecule has 0 atom stereocenters. The second-order valence-corrected chi connectivity index (χ2v) is 5.04. The fourth-order valence-corrected chi connectivity index (χ4v) is 2.12. The molecule has 110 valence electrons. The molecule has 0 aliphatic heterocycles. The summed E-state index contributed by atoms with van der Waals surface area (Å²) < 4.78 is 4.56.